The fourth-order valence-corrected chi connectivity index (χ4v) is 5.81. The first-order valence-electron chi connectivity index (χ1n) is 12.1. The molecule has 9 nitrogen and oxygen atoms in total. The summed E-state index contributed by atoms with van der Waals surface area (Å²) in [5.74, 6) is 0.0556. The van der Waals surface area contributed by atoms with Gasteiger partial charge in [-0.15, -0.1) is 0 Å². The standard InChI is InChI=1S/C27H27ClN4O5S/c1-17(33)32-15-19-13-22(38(2,35)36)7-8-23(19)26(32)27(34)30-21-6-9-25(29-14-21)31-10-11-37-16-24(31)18-4-3-5-20(28)12-18/h3-9,12-14,24,26H,10-11,15-16H2,1-2H3,(H,30,34)/t24?,26-/m1/s1. The number of pyridine rings is 1. The van der Waals surface area contributed by atoms with Gasteiger partial charge in [-0.2, -0.15) is 0 Å². The van der Waals surface area contributed by atoms with Crippen LogP contribution in [0.5, 0.6) is 0 Å². The highest BCUT2D eigenvalue weighted by atomic mass is 35.5. The van der Waals surface area contributed by atoms with Gasteiger partial charge in [-0.1, -0.05) is 29.8 Å². The van der Waals surface area contributed by atoms with E-state index in [1.165, 1.54) is 24.0 Å². The quantitative estimate of drug-likeness (QED) is 0.511. The van der Waals surface area contributed by atoms with E-state index in [2.05, 4.69) is 15.2 Å². The molecule has 1 aromatic heterocycles. The molecule has 2 amide bonds. The maximum Gasteiger partial charge on any atom is 0.251 e. The summed E-state index contributed by atoms with van der Waals surface area (Å²) in [5.41, 5.74) is 2.75. The molecule has 11 heteroatoms. The zero-order valence-corrected chi connectivity index (χ0v) is 22.5. The molecular formula is C27H27ClN4O5S. The van der Waals surface area contributed by atoms with Crippen molar-refractivity contribution < 1.29 is 22.7 Å². The number of morpholine rings is 1. The molecular weight excluding hydrogens is 528 g/mol. The van der Waals surface area contributed by atoms with Gasteiger partial charge in [-0.25, -0.2) is 13.4 Å². The number of nitrogens with zero attached hydrogens (tertiary/aromatic N) is 3. The van der Waals surface area contributed by atoms with E-state index in [9.17, 15) is 18.0 Å². The number of halogens is 1. The number of benzene rings is 2. The number of carbonyl (C=O) groups is 2. The Bertz CT molecular complexity index is 1500. The van der Waals surface area contributed by atoms with Crippen LogP contribution in [0.15, 0.2) is 65.7 Å². The average Bonchev–Trinajstić information content (AvgIpc) is 3.28. The van der Waals surface area contributed by atoms with Crippen molar-refractivity contribution in [1.82, 2.24) is 9.88 Å². The maximum atomic E-state index is 13.3. The van der Waals surface area contributed by atoms with Gasteiger partial charge in [-0.3, -0.25) is 9.59 Å². The second-order valence-electron chi connectivity index (χ2n) is 9.42. The lowest BCUT2D eigenvalue weighted by molar-refractivity contribution is -0.136. The SMILES string of the molecule is CC(=O)N1Cc2cc(S(C)(=O)=O)ccc2[C@@H]1C(=O)Nc1ccc(N2CCOCC2c2cccc(Cl)c2)nc1. The summed E-state index contributed by atoms with van der Waals surface area (Å²) in [4.78, 5) is 34.0. The van der Waals surface area contributed by atoms with Gasteiger partial charge in [-0.05, 0) is 53.1 Å². The van der Waals surface area contributed by atoms with Crippen molar-refractivity contribution >= 4 is 44.8 Å². The van der Waals surface area contributed by atoms with Gasteiger partial charge in [0.2, 0.25) is 5.91 Å². The van der Waals surface area contributed by atoms with Crippen LogP contribution in [0.25, 0.3) is 0 Å². The Labute approximate surface area is 226 Å². The Morgan fingerprint density at radius 1 is 1.13 bits per heavy atom. The van der Waals surface area contributed by atoms with Gasteiger partial charge in [0.05, 0.1) is 36.0 Å². The maximum absolute atomic E-state index is 13.3. The summed E-state index contributed by atoms with van der Waals surface area (Å²) < 4.78 is 29.7. The number of carbonyl (C=O) groups excluding carboxylic acids is 2. The third kappa shape index (κ3) is 5.24. The number of anilines is 2. The zero-order chi connectivity index (χ0) is 27.0. The normalized spacial score (nSPS) is 19.2. The van der Waals surface area contributed by atoms with E-state index in [0.717, 1.165) is 17.6 Å². The van der Waals surface area contributed by atoms with Crippen LogP contribution in [0, 0.1) is 0 Å². The minimum atomic E-state index is -3.42. The molecule has 3 heterocycles. The number of rotatable bonds is 5. The van der Waals surface area contributed by atoms with Crippen molar-refractivity contribution in [2.75, 3.05) is 36.2 Å². The number of hydrogen-bond acceptors (Lipinski definition) is 7. The molecule has 1 unspecified atom stereocenters. The number of amides is 2. The van der Waals surface area contributed by atoms with Gasteiger partial charge in [0.15, 0.2) is 9.84 Å². The van der Waals surface area contributed by atoms with Crippen molar-refractivity contribution in [1.29, 1.82) is 0 Å². The second-order valence-corrected chi connectivity index (χ2v) is 11.9. The lowest BCUT2D eigenvalue weighted by Gasteiger charge is -2.37. The summed E-state index contributed by atoms with van der Waals surface area (Å²) >= 11 is 6.20. The van der Waals surface area contributed by atoms with Crippen LogP contribution in [0.4, 0.5) is 11.5 Å². The first-order valence-corrected chi connectivity index (χ1v) is 14.4. The summed E-state index contributed by atoms with van der Waals surface area (Å²) in [5, 5.41) is 3.51. The van der Waals surface area contributed by atoms with Crippen LogP contribution in [-0.4, -0.2) is 56.1 Å². The van der Waals surface area contributed by atoms with Crippen molar-refractivity contribution in [3.05, 3.63) is 82.5 Å². The molecule has 2 atom stereocenters. The number of ether oxygens (including phenoxy) is 1. The molecule has 2 aromatic carbocycles. The van der Waals surface area contributed by atoms with Crippen molar-refractivity contribution in [3.8, 4) is 0 Å². The first-order chi connectivity index (χ1) is 18.1. The van der Waals surface area contributed by atoms with E-state index < -0.39 is 21.8 Å². The molecule has 2 aliphatic rings. The number of nitrogens with one attached hydrogen (secondary N) is 1. The van der Waals surface area contributed by atoms with E-state index in [1.54, 1.807) is 18.3 Å². The number of aromatic nitrogens is 1. The highest BCUT2D eigenvalue weighted by molar-refractivity contribution is 7.90. The molecule has 0 radical (unpaired) electrons. The average molecular weight is 555 g/mol. The highest BCUT2D eigenvalue weighted by Crippen LogP contribution is 2.36. The molecule has 0 bridgehead atoms. The molecule has 0 saturated carbocycles. The van der Waals surface area contributed by atoms with Gasteiger partial charge in [0.1, 0.15) is 11.9 Å². The molecule has 5 rings (SSSR count). The molecule has 1 N–H and O–H groups in total. The molecule has 0 spiro atoms. The number of hydrogen-bond donors (Lipinski definition) is 1. The zero-order valence-electron chi connectivity index (χ0n) is 20.9. The first kappa shape index (κ1) is 26.1. The van der Waals surface area contributed by atoms with E-state index >= 15 is 0 Å². The fourth-order valence-electron chi connectivity index (χ4n) is 4.94. The van der Waals surface area contributed by atoms with Crippen LogP contribution in [0.3, 0.4) is 0 Å². The topological polar surface area (TPSA) is 109 Å². The molecule has 2 aliphatic heterocycles. The predicted octanol–water partition coefficient (Wildman–Crippen LogP) is 3.76. The van der Waals surface area contributed by atoms with E-state index in [4.69, 9.17) is 16.3 Å². The molecule has 1 fully saturated rings. The van der Waals surface area contributed by atoms with Gasteiger partial charge in [0, 0.05) is 31.3 Å². The van der Waals surface area contributed by atoms with Crippen LogP contribution < -0.4 is 10.2 Å². The van der Waals surface area contributed by atoms with Crippen LogP contribution in [-0.2, 0) is 30.7 Å². The number of sulfone groups is 1. The van der Waals surface area contributed by atoms with E-state index in [1.807, 2.05) is 30.3 Å². The largest absolute Gasteiger partial charge is 0.377 e. The van der Waals surface area contributed by atoms with Crippen molar-refractivity contribution in [3.63, 3.8) is 0 Å². The Balaban J connectivity index is 1.36. The summed E-state index contributed by atoms with van der Waals surface area (Å²) in [6, 6.07) is 14.9. The third-order valence-electron chi connectivity index (χ3n) is 6.81. The van der Waals surface area contributed by atoms with E-state index in [0.29, 0.717) is 41.6 Å². The number of fused-ring (bicyclic) bond motifs is 1. The van der Waals surface area contributed by atoms with Crippen molar-refractivity contribution in [2.45, 2.75) is 30.4 Å². The van der Waals surface area contributed by atoms with Gasteiger partial charge in [0.25, 0.3) is 5.91 Å². The summed E-state index contributed by atoms with van der Waals surface area (Å²) in [7, 11) is -3.42. The van der Waals surface area contributed by atoms with E-state index in [-0.39, 0.29) is 23.4 Å². The monoisotopic (exact) mass is 554 g/mol. The third-order valence-corrected chi connectivity index (χ3v) is 8.16. The Morgan fingerprint density at radius 3 is 2.63 bits per heavy atom. The van der Waals surface area contributed by atoms with Gasteiger partial charge < -0.3 is 19.9 Å². The van der Waals surface area contributed by atoms with Crippen LogP contribution in [0.1, 0.15) is 35.7 Å². The van der Waals surface area contributed by atoms with Crippen LogP contribution >= 0.6 is 11.6 Å². The van der Waals surface area contributed by atoms with Gasteiger partial charge >= 0.3 is 0 Å². The Hall–Kier alpha value is -3.47. The van der Waals surface area contributed by atoms with Crippen molar-refractivity contribution in [2.24, 2.45) is 0 Å². The molecule has 0 aliphatic carbocycles. The lowest BCUT2D eigenvalue weighted by atomic mass is 10.0. The smallest absolute Gasteiger partial charge is 0.251 e. The Kier molecular flexibility index (Phi) is 7.13. The highest BCUT2D eigenvalue weighted by Gasteiger charge is 2.38. The summed E-state index contributed by atoms with van der Waals surface area (Å²) in [6.07, 6.45) is 2.71. The second kappa shape index (κ2) is 10.4. The van der Waals surface area contributed by atoms with Crippen LogP contribution in [0.2, 0.25) is 5.02 Å². The molecule has 198 valence electrons. The molecule has 38 heavy (non-hydrogen) atoms. The minimum Gasteiger partial charge on any atom is -0.377 e. The minimum absolute atomic E-state index is 0.0497. The summed E-state index contributed by atoms with van der Waals surface area (Å²) in [6.45, 7) is 3.27. The molecule has 3 aromatic rings. The Morgan fingerprint density at radius 2 is 1.95 bits per heavy atom. The predicted molar refractivity (Wildman–Crippen MR) is 144 cm³/mol. The fraction of sp³-hybridized carbons (Fsp3) is 0.296. The molecule has 1 saturated heterocycles. The lowest BCUT2D eigenvalue weighted by Crippen LogP contribution is -2.40.